The first-order valence-corrected chi connectivity index (χ1v) is 70.0. The van der Waals surface area contributed by atoms with Crippen molar-refractivity contribution in [3.05, 3.63) is 0 Å². The number of hydrogen-bond donors (Lipinski definition) is 0. The minimum absolute atomic E-state index is 0.0743. The minimum Gasteiger partial charge on any atom is -0.260 e. The maximum atomic E-state index is 11.6. The Morgan fingerprint density at radius 2 is 0.570 bits per heavy atom. The van der Waals surface area contributed by atoms with Crippen LogP contribution < -0.4 is 0 Å². The Morgan fingerprint density at radius 3 is 0.815 bits per heavy atom. The second-order valence-corrected chi connectivity index (χ2v) is 71.8. The van der Waals surface area contributed by atoms with Crippen LogP contribution in [0.2, 0.25) is 0 Å². The highest BCUT2D eigenvalue weighted by Gasteiger charge is 2.28. The van der Waals surface area contributed by atoms with Crippen LogP contribution in [0.5, 0.6) is 0 Å². The highest BCUT2D eigenvalue weighted by Crippen LogP contribution is 2.36. The van der Waals surface area contributed by atoms with E-state index in [1.807, 2.05) is 110 Å². The molecule has 0 rings (SSSR count). The van der Waals surface area contributed by atoms with Crippen LogP contribution in [0.15, 0.2) is 0 Å². The maximum absolute atomic E-state index is 11.6. The van der Waals surface area contributed by atoms with Crippen molar-refractivity contribution < 1.29 is 42.5 Å². The molecule has 22 heteroatoms. The second-order valence-electron chi connectivity index (χ2n) is 54.8. The molecule has 0 aromatic heterocycles. The molecule has 0 aliphatic carbocycles. The Kier molecular flexibility index (Phi) is 103. The van der Waals surface area contributed by atoms with E-state index < -0.39 is 53.0 Å². The van der Waals surface area contributed by atoms with Crippen LogP contribution in [-0.4, -0.2) is 179 Å². The number of hydrogen-bond acceptors (Lipinski definition) is 15. The van der Waals surface area contributed by atoms with Crippen molar-refractivity contribution in [3.8, 4) is 0 Å². The van der Waals surface area contributed by atoms with Crippen molar-refractivity contribution in [2.75, 3.05) is 144 Å². The zero-order valence-electron chi connectivity index (χ0n) is 105. The van der Waals surface area contributed by atoms with Crippen LogP contribution in [0.3, 0.4) is 0 Å². The fraction of sp³-hybridized carbons (Fsp3) is 1.00. The number of unbranched alkanes of at least 4 members (excludes halogenated alkanes) is 1. The first kappa shape index (κ1) is 158. The Bertz CT molecular complexity index is 2790. The van der Waals surface area contributed by atoms with Crippen LogP contribution >= 0.6 is 106 Å². The molecule has 0 bridgehead atoms. The smallest absolute Gasteiger partial charge is 0.260 e. The zero-order chi connectivity index (χ0) is 113. The van der Waals surface area contributed by atoms with E-state index in [1.54, 1.807) is 12.5 Å². The second kappa shape index (κ2) is 87.8. The lowest BCUT2D eigenvalue weighted by Crippen LogP contribution is -2.18. The lowest BCUT2D eigenvalue weighted by atomic mass is 9.86. The molecule has 0 spiro atoms. The van der Waals surface area contributed by atoms with Crippen molar-refractivity contribution in [3.63, 3.8) is 0 Å². The molecule has 135 heavy (non-hydrogen) atoms. The van der Waals surface area contributed by atoms with Gasteiger partial charge in [-0.05, 0) is 325 Å². The van der Waals surface area contributed by atoms with E-state index in [4.69, 9.17) is 4.11 Å². The number of sulfone groups is 2. The lowest BCUT2D eigenvalue weighted by molar-refractivity contribution is -0.0328. The molecule has 0 radical (unpaired) electrons. The molecule has 3 unspecified atom stereocenters. The molecule has 0 aromatic carbocycles. The summed E-state index contributed by atoms with van der Waals surface area (Å²) in [6.45, 7) is 105. The number of thioether (sulfide) groups is 9. The third-order valence-electron chi connectivity index (χ3n) is 18.8. The van der Waals surface area contributed by atoms with Gasteiger partial charge in [-0.25, -0.2) is 16.8 Å². The lowest BCUT2D eigenvalue weighted by Gasteiger charge is -2.27. The fourth-order valence-corrected chi connectivity index (χ4v) is 21.7. The van der Waals surface area contributed by atoms with Crippen molar-refractivity contribution in [1.82, 2.24) is 0 Å². The van der Waals surface area contributed by atoms with E-state index in [0.29, 0.717) is 82.7 Å². The minimum atomic E-state index is -4.06. The van der Waals surface area contributed by atoms with Gasteiger partial charge in [0.25, 0.3) is 0 Å². The Hall–Kier alpha value is 3.14. The average Bonchev–Trinajstić information content (AvgIpc) is 0.916. The molecule has 0 aliphatic rings. The molecule has 0 heterocycles. The van der Waals surface area contributed by atoms with Gasteiger partial charge in [0.1, 0.15) is 19.7 Å². The van der Waals surface area contributed by atoms with E-state index >= 15 is 0 Å². The summed E-state index contributed by atoms with van der Waals surface area (Å²) in [6, 6.07) is 0. The molecule has 0 N–H and O–H groups in total. The van der Waals surface area contributed by atoms with Gasteiger partial charge >= 0.3 is 5.51 Å². The summed E-state index contributed by atoms with van der Waals surface area (Å²) in [4.78, 5) is 0. The molecule has 0 aliphatic heterocycles. The van der Waals surface area contributed by atoms with Crippen LogP contribution in [-0.2, 0) is 41.3 Å². The maximum Gasteiger partial charge on any atom is 0.441 e. The van der Waals surface area contributed by atoms with Gasteiger partial charge < -0.3 is 0 Å². The van der Waals surface area contributed by atoms with Gasteiger partial charge in [0, 0.05) is 78.5 Å². The molecular formula is C113H249F3O6S13. The van der Waals surface area contributed by atoms with E-state index in [9.17, 15) is 38.4 Å². The molecular weight excluding hydrogens is 1930 g/mol. The third kappa shape index (κ3) is 222. The van der Waals surface area contributed by atoms with Crippen molar-refractivity contribution in [1.29, 1.82) is 0 Å². The Labute approximate surface area is 902 Å². The van der Waals surface area contributed by atoms with E-state index in [1.165, 1.54) is 136 Å². The number of alkyl halides is 3. The predicted molar refractivity (Wildman–Crippen MR) is 657 cm³/mol. The van der Waals surface area contributed by atoms with E-state index in [2.05, 4.69) is 335 Å². The standard InChI is InChI=1S/C10H22S.C9H20O2S.C9H20OS.5C9H20S.C8H15F3S.C8H18O2S.C8H18OS.2C8H18S/c1-9(2,3)7-8-10(4,5)11-6;1-8(6-9(2,3)4)7-12(5,10)11;1-8(7-11(5)10)6-9(2,3)4;3*1-8(7-10-5)6-9(2,3)4;1-9(2,3)7-5-6-8-10-4;1-5-10-8-6-7-9(2,3)4;1-7(2,3)5-4-6-12-8(9,10)11;1-8(2,3)6-5-7-11(4,9)10;1-8(2,3)6-5-7-10(4)9;2*1-8(2,3)6-5-7-9-4/h7-8H2,1-6H3;8H,6-7H2,1-5H3;8H,6-7H2,1-5H3;3*8H,6-7H2,1-5H3;2*5-8H2,1-4H3;4-6H2,1-3H3;5-7H2,1-4H3;5-7H2,1-4H3;2*5-7H2,1-4H3/t;8-;8-,11?;2*8-;;;;;;;;/m.0010......../s1/i;;;;;;;;;;;4D3;. The molecule has 6 nitrogen and oxygen atoms in total. The summed E-state index contributed by atoms with van der Waals surface area (Å²) in [5.74, 6) is 15.9. The summed E-state index contributed by atoms with van der Waals surface area (Å²) in [5, 5.41) is 0. The largest absolute Gasteiger partial charge is 0.441 e. The highest BCUT2D eigenvalue weighted by atomic mass is 32.2. The average molecular weight is 2180 g/mol. The zero-order valence-corrected chi connectivity index (χ0v) is 112. The van der Waals surface area contributed by atoms with Gasteiger partial charge in [0.2, 0.25) is 0 Å². The van der Waals surface area contributed by atoms with Crippen LogP contribution in [0, 0.1) is 100.0 Å². The number of rotatable bonds is 41. The monoisotopic (exact) mass is 2180 g/mol. The topological polar surface area (TPSA) is 102 Å². The molecule has 0 saturated heterocycles. The van der Waals surface area contributed by atoms with Crippen molar-refractivity contribution >= 4 is 147 Å². The molecule has 0 fully saturated rings. The normalized spacial score (nSPS) is 14.6. The van der Waals surface area contributed by atoms with Gasteiger partial charge in [0.05, 0.1) is 5.75 Å². The Balaban J connectivity index is -0.000000112. The highest BCUT2D eigenvalue weighted by molar-refractivity contribution is 8.01. The summed E-state index contributed by atoms with van der Waals surface area (Å²) < 4.78 is 121. The molecule has 0 amide bonds. The SMILES string of the molecule is CC(C)(C)CCCS(C)(=O)=O.CC(C)(C)CCCSC(F)(F)F.CCSCCCC(C)(C)C.CS(=O)CCCC(C)(C)C.CSC(C)(C)CCC(C)(C)C.CSCC(C)CC(C)(C)C.CSCCCC(C)(C)C.CSCCCCC(C)(C)C.CSC[C@@H](C)CC(C)(C)C.CSC[C@H](C)CC(C)(C)C.C[C@@H](CC(C)(C)C)CS(C)(=O)=O.C[C@H](CS(C)=O)CC(C)(C)C.[2H]C([2H])([2H])SCCCC(C)(C)C. The van der Waals surface area contributed by atoms with Crippen LogP contribution in [0.4, 0.5) is 13.2 Å². The fourth-order valence-electron chi connectivity index (χ4n) is 13.7. The molecule has 7 atom stereocenters. The predicted octanol–water partition coefficient (Wildman–Crippen LogP) is 40.4. The summed E-state index contributed by atoms with van der Waals surface area (Å²) in [5.41, 5.74) is 1.31. The first-order valence-electron chi connectivity index (χ1n) is 52.6. The quantitative estimate of drug-likeness (QED) is 0.0542. The van der Waals surface area contributed by atoms with Gasteiger partial charge in [-0.2, -0.15) is 107 Å². The van der Waals surface area contributed by atoms with Gasteiger partial charge in [0.15, 0.2) is 0 Å². The van der Waals surface area contributed by atoms with Gasteiger partial charge in [-0.3, -0.25) is 8.42 Å². The van der Waals surface area contributed by atoms with Crippen LogP contribution in [0.1, 0.15) is 471 Å². The summed E-state index contributed by atoms with van der Waals surface area (Å²) >= 11 is 14.9. The molecule has 836 valence electrons. The summed E-state index contributed by atoms with van der Waals surface area (Å²) in [6.07, 6.45) is 43.4. The molecule has 0 saturated carbocycles. The first-order chi connectivity index (χ1) is 60.8. The van der Waals surface area contributed by atoms with Crippen LogP contribution in [0.25, 0.3) is 0 Å². The number of halogens is 3. The van der Waals surface area contributed by atoms with Gasteiger partial charge in [-0.15, -0.1) is 0 Å². The third-order valence-corrected chi connectivity index (χ3v) is 30.6. The van der Waals surface area contributed by atoms with E-state index in [0.717, 1.165) is 98.1 Å². The van der Waals surface area contributed by atoms with E-state index in [-0.39, 0.29) is 39.7 Å². The Morgan fingerprint density at radius 1 is 0.304 bits per heavy atom. The molecule has 0 aromatic rings. The summed E-state index contributed by atoms with van der Waals surface area (Å²) in [7, 11) is -6.77. The van der Waals surface area contributed by atoms with Crippen molar-refractivity contribution in [2.24, 2.45) is 100.0 Å². The van der Waals surface area contributed by atoms with Crippen molar-refractivity contribution in [2.45, 2.75) is 477 Å². The van der Waals surface area contributed by atoms with Gasteiger partial charge in [-0.1, -0.05) is 344 Å².